The second kappa shape index (κ2) is 10.3. The van der Waals surface area contributed by atoms with E-state index in [1.165, 1.54) is 6.42 Å². The molecule has 2 bridgehead atoms. The number of anilines is 1. The largest absolute Gasteiger partial charge is 0.497 e. The van der Waals surface area contributed by atoms with Gasteiger partial charge >= 0.3 is 0 Å². The highest BCUT2D eigenvalue weighted by Crippen LogP contribution is 2.55. The Kier molecular flexibility index (Phi) is 6.85. The third-order valence-electron chi connectivity index (χ3n) is 8.50. The molecule has 1 aliphatic carbocycles. The van der Waals surface area contributed by atoms with Crippen LogP contribution in [0.5, 0.6) is 5.75 Å². The van der Waals surface area contributed by atoms with Crippen LogP contribution >= 0.6 is 11.6 Å². The minimum Gasteiger partial charge on any atom is -0.497 e. The monoisotopic (exact) mass is 549 g/mol. The summed E-state index contributed by atoms with van der Waals surface area (Å²) in [7, 11) is 1.58. The van der Waals surface area contributed by atoms with Gasteiger partial charge < -0.3 is 25.0 Å². The first-order valence-electron chi connectivity index (χ1n) is 13.6. The van der Waals surface area contributed by atoms with Crippen LogP contribution in [-0.2, 0) is 25.7 Å². The normalized spacial score (nSPS) is 29.4. The number of nitrogens with zero attached hydrogens (tertiary/aromatic N) is 1. The molecule has 5 atom stereocenters. The van der Waals surface area contributed by atoms with E-state index in [1.807, 2.05) is 24.3 Å². The Bertz CT molecular complexity index is 1290. The SMILES string of the molecule is COc1ccc(NC(=O)C2C3C=CC4(O3)C2C(=O)N(Cc2ccc(Cl)cc2)C4C(=O)NC2CCCCC2)cc1. The number of benzene rings is 2. The zero-order chi connectivity index (χ0) is 27.1. The van der Waals surface area contributed by atoms with Crippen molar-refractivity contribution < 1.29 is 23.9 Å². The van der Waals surface area contributed by atoms with E-state index in [1.54, 1.807) is 48.4 Å². The maximum absolute atomic E-state index is 14.1. The molecule has 4 aliphatic rings. The first kappa shape index (κ1) is 25.9. The smallest absolute Gasteiger partial charge is 0.246 e. The molecule has 5 unspecified atom stereocenters. The van der Waals surface area contributed by atoms with Crippen LogP contribution in [-0.4, -0.2) is 53.5 Å². The molecule has 8 nitrogen and oxygen atoms in total. The first-order chi connectivity index (χ1) is 18.9. The van der Waals surface area contributed by atoms with Gasteiger partial charge in [0.1, 0.15) is 17.4 Å². The summed E-state index contributed by atoms with van der Waals surface area (Å²) in [5.74, 6) is -1.68. The predicted molar refractivity (Wildman–Crippen MR) is 146 cm³/mol. The quantitative estimate of drug-likeness (QED) is 0.507. The van der Waals surface area contributed by atoms with Gasteiger partial charge in [-0.25, -0.2) is 0 Å². The van der Waals surface area contributed by atoms with Crippen LogP contribution in [0.1, 0.15) is 37.7 Å². The van der Waals surface area contributed by atoms with Gasteiger partial charge in [0.2, 0.25) is 17.7 Å². The van der Waals surface area contributed by atoms with Gasteiger partial charge in [0.25, 0.3) is 0 Å². The minimum absolute atomic E-state index is 0.0749. The molecule has 204 valence electrons. The Hall–Kier alpha value is -3.36. The number of amides is 3. The standard InChI is InChI=1S/C30H32ClN3O5/c1-38-22-13-11-21(12-14-22)32-27(35)24-23-15-16-30(39-23)25(24)29(37)34(17-18-7-9-19(31)10-8-18)26(30)28(36)33-20-5-3-2-4-6-20/h7-16,20,23-26H,2-6,17H2,1H3,(H,32,35)(H,33,36). The summed E-state index contributed by atoms with van der Waals surface area (Å²) < 4.78 is 11.6. The Labute approximate surface area is 232 Å². The van der Waals surface area contributed by atoms with Crippen LogP contribution in [0.4, 0.5) is 5.69 Å². The minimum atomic E-state index is -1.20. The summed E-state index contributed by atoms with van der Waals surface area (Å²) in [6.45, 7) is 0.214. The van der Waals surface area contributed by atoms with E-state index in [-0.39, 0.29) is 30.3 Å². The van der Waals surface area contributed by atoms with Gasteiger partial charge in [-0.05, 0) is 54.8 Å². The molecule has 3 aliphatic heterocycles. The van der Waals surface area contributed by atoms with Crippen molar-refractivity contribution in [3.8, 4) is 5.75 Å². The van der Waals surface area contributed by atoms with Crippen molar-refractivity contribution in [2.24, 2.45) is 11.8 Å². The van der Waals surface area contributed by atoms with E-state index in [0.29, 0.717) is 16.5 Å². The lowest BCUT2D eigenvalue weighted by Crippen LogP contribution is -2.56. The number of hydrogen-bond acceptors (Lipinski definition) is 5. The maximum Gasteiger partial charge on any atom is 0.246 e. The summed E-state index contributed by atoms with van der Waals surface area (Å²) in [6.07, 6.45) is 8.24. The Morgan fingerprint density at radius 2 is 1.77 bits per heavy atom. The molecule has 3 fully saturated rings. The molecule has 1 spiro atoms. The van der Waals surface area contributed by atoms with Crippen molar-refractivity contribution in [3.63, 3.8) is 0 Å². The van der Waals surface area contributed by atoms with E-state index >= 15 is 0 Å². The molecule has 3 amide bonds. The summed E-state index contributed by atoms with van der Waals surface area (Å²) in [6, 6.07) is 13.4. The van der Waals surface area contributed by atoms with Gasteiger partial charge in [0.15, 0.2) is 0 Å². The molecule has 3 heterocycles. The van der Waals surface area contributed by atoms with Crippen molar-refractivity contribution in [3.05, 3.63) is 71.3 Å². The number of fused-ring (bicyclic) bond motifs is 1. The lowest BCUT2D eigenvalue weighted by Gasteiger charge is -2.34. The molecule has 39 heavy (non-hydrogen) atoms. The molecule has 0 radical (unpaired) electrons. The fourth-order valence-corrected chi connectivity index (χ4v) is 6.78. The lowest BCUT2D eigenvalue weighted by molar-refractivity contribution is -0.142. The third kappa shape index (κ3) is 4.59. The average Bonchev–Trinajstić information content (AvgIpc) is 3.58. The van der Waals surface area contributed by atoms with Crippen LogP contribution in [0.15, 0.2) is 60.7 Å². The van der Waals surface area contributed by atoms with E-state index in [2.05, 4.69) is 10.6 Å². The molecule has 2 N–H and O–H groups in total. The summed E-state index contributed by atoms with van der Waals surface area (Å²) in [4.78, 5) is 43.2. The van der Waals surface area contributed by atoms with Crippen LogP contribution in [0.25, 0.3) is 0 Å². The molecular weight excluding hydrogens is 518 g/mol. The molecule has 2 saturated heterocycles. The predicted octanol–water partition coefficient (Wildman–Crippen LogP) is 4.09. The molecule has 0 aromatic heterocycles. The highest BCUT2D eigenvalue weighted by Gasteiger charge is 2.72. The van der Waals surface area contributed by atoms with Crippen molar-refractivity contribution in [2.75, 3.05) is 12.4 Å². The van der Waals surface area contributed by atoms with E-state index < -0.39 is 29.6 Å². The van der Waals surface area contributed by atoms with E-state index in [4.69, 9.17) is 21.1 Å². The zero-order valence-electron chi connectivity index (χ0n) is 21.8. The maximum atomic E-state index is 14.1. The number of carbonyl (C=O) groups excluding carboxylic acids is 3. The van der Waals surface area contributed by atoms with Gasteiger partial charge in [-0.3, -0.25) is 14.4 Å². The van der Waals surface area contributed by atoms with Crippen molar-refractivity contribution in [2.45, 2.75) is 62.4 Å². The number of ether oxygens (including phenoxy) is 2. The van der Waals surface area contributed by atoms with Crippen molar-refractivity contribution in [1.82, 2.24) is 10.2 Å². The van der Waals surface area contributed by atoms with Crippen LogP contribution in [0, 0.1) is 11.8 Å². The molecule has 9 heteroatoms. The van der Waals surface area contributed by atoms with Crippen molar-refractivity contribution >= 4 is 35.0 Å². The van der Waals surface area contributed by atoms with Gasteiger partial charge in [-0.2, -0.15) is 0 Å². The van der Waals surface area contributed by atoms with Crippen molar-refractivity contribution in [1.29, 1.82) is 0 Å². The van der Waals surface area contributed by atoms with Crippen LogP contribution in [0.2, 0.25) is 5.02 Å². The molecule has 2 aromatic carbocycles. The second-order valence-corrected chi connectivity index (χ2v) is 11.3. The molecule has 6 rings (SSSR count). The fourth-order valence-electron chi connectivity index (χ4n) is 6.65. The third-order valence-corrected chi connectivity index (χ3v) is 8.75. The number of hydrogen-bond donors (Lipinski definition) is 2. The number of likely N-dealkylation sites (tertiary alicyclic amines) is 1. The number of halogens is 1. The Morgan fingerprint density at radius 1 is 1.05 bits per heavy atom. The van der Waals surface area contributed by atoms with Gasteiger partial charge in [-0.15, -0.1) is 0 Å². The van der Waals surface area contributed by atoms with Gasteiger partial charge in [-0.1, -0.05) is 55.1 Å². The van der Waals surface area contributed by atoms with E-state index in [9.17, 15) is 14.4 Å². The zero-order valence-corrected chi connectivity index (χ0v) is 22.5. The van der Waals surface area contributed by atoms with Gasteiger partial charge in [0.05, 0.1) is 25.0 Å². The lowest BCUT2D eigenvalue weighted by atomic mass is 9.74. The van der Waals surface area contributed by atoms with Gasteiger partial charge in [0, 0.05) is 23.3 Å². The number of carbonyl (C=O) groups is 3. The first-order valence-corrected chi connectivity index (χ1v) is 13.9. The second-order valence-electron chi connectivity index (χ2n) is 10.9. The summed E-state index contributed by atoms with van der Waals surface area (Å²) in [5.41, 5.74) is 0.239. The summed E-state index contributed by atoms with van der Waals surface area (Å²) in [5, 5.41) is 6.74. The average molecular weight is 550 g/mol. The summed E-state index contributed by atoms with van der Waals surface area (Å²) >= 11 is 6.08. The highest BCUT2D eigenvalue weighted by atomic mass is 35.5. The Balaban J connectivity index is 1.30. The fraction of sp³-hybridized carbons (Fsp3) is 0.433. The molecule has 2 aromatic rings. The van der Waals surface area contributed by atoms with Crippen LogP contribution < -0.4 is 15.4 Å². The molecule has 1 saturated carbocycles. The topological polar surface area (TPSA) is 97.0 Å². The number of nitrogens with one attached hydrogen (secondary N) is 2. The highest BCUT2D eigenvalue weighted by molar-refractivity contribution is 6.30. The van der Waals surface area contributed by atoms with E-state index in [0.717, 1.165) is 31.2 Å². The number of rotatable bonds is 7. The molecular formula is C30H32ClN3O5. The Morgan fingerprint density at radius 3 is 2.46 bits per heavy atom. The number of methoxy groups -OCH3 is 1. The van der Waals surface area contributed by atoms with Crippen LogP contribution in [0.3, 0.4) is 0 Å².